The first-order valence-electron chi connectivity index (χ1n) is 4.63. The largest absolute Gasteiger partial charge is 0.371 e. The summed E-state index contributed by atoms with van der Waals surface area (Å²) in [6.07, 6.45) is 6.50. The summed E-state index contributed by atoms with van der Waals surface area (Å²) in [5.74, 6) is -0.999. The maximum Gasteiger partial charge on any atom is 0.339 e. The van der Waals surface area contributed by atoms with Gasteiger partial charge in [0.15, 0.2) is 0 Å². The average Bonchev–Trinajstić information content (AvgIpc) is 2.26. The predicted octanol–water partition coefficient (Wildman–Crippen LogP) is 1.10. The Morgan fingerprint density at radius 1 is 1.56 bits per heavy atom. The monoisotopic (exact) mass is 219 g/mol. The van der Waals surface area contributed by atoms with Crippen LogP contribution in [-0.4, -0.2) is 18.4 Å². The van der Waals surface area contributed by atoms with Gasteiger partial charge in [0.1, 0.15) is 12.7 Å². The SMILES string of the molecule is C#COC(=O)CNC(=O)c1cccc(C)c1.[HH]. The van der Waals surface area contributed by atoms with E-state index in [1.54, 1.807) is 24.3 Å². The summed E-state index contributed by atoms with van der Waals surface area (Å²) in [6, 6.07) is 7.03. The van der Waals surface area contributed by atoms with Crippen LogP contribution in [0.2, 0.25) is 0 Å². The number of ether oxygens (including phenoxy) is 1. The van der Waals surface area contributed by atoms with Gasteiger partial charge in [0.2, 0.25) is 0 Å². The van der Waals surface area contributed by atoms with E-state index < -0.39 is 5.97 Å². The average molecular weight is 219 g/mol. The van der Waals surface area contributed by atoms with Crippen molar-refractivity contribution in [1.82, 2.24) is 5.32 Å². The molecule has 1 amide bonds. The lowest BCUT2D eigenvalue weighted by atomic mass is 10.1. The fourth-order valence-electron chi connectivity index (χ4n) is 1.14. The molecule has 1 aromatic carbocycles. The van der Waals surface area contributed by atoms with Crippen LogP contribution in [0.15, 0.2) is 24.3 Å². The van der Waals surface area contributed by atoms with E-state index in [9.17, 15) is 9.59 Å². The first-order chi connectivity index (χ1) is 7.63. The molecule has 0 aliphatic rings. The van der Waals surface area contributed by atoms with Crippen LogP contribution in [0, 0.1) is 19.5 Å². The van der Waals surface area contributed by atoms with E-state index >= 15 is 0 Å². The van der Waals surface area contributed by atoms with E-state index in [0.717, 1.165) is 5.56 Å². The summed E-state index contributed by atoms with van der Waals surface area (Å²) in [4.78, 5) is 22.4. The molecule has 1 rings (SSSR count). The molecule has 0 unspecified atom stereocenters. The van der Waals surface area contributed by atoms with Crippen molar-refractivity contribution in [1.29, 1.82) is 0 Å². The fraction of sp³-hybridized carbons (Fsp3) is 0.167. The molecular formula is C12H13NO3. The standard InChI is InChI=1S/C12H11NO3.H2/c1-3-16-11(14)8-13-12(15)10-6-4-5-9(2)7-10;/h1,4-7H,8H2,2H3,(H,13,15);1H. The number of hydrogen-bond donors (Lipinski definition) is 1. The van der Waals surface area contributed by atoms with Crippen molar-refractivity contribution in [3.05, 3.63) is 35.4 Å². The molecule has 4 heteroatoms. The highest BCUT2D eigenvalue weighted by molar-refractivity contribution is 5.96. The lowest BCUT2D eigenvalue weighted by molar-refractivity contribution is -0.135. The van der Waals surface area contributed by atoms with Crippen LogP contribution >= 0.6 is 0 Å². The summed E-state index contributed by atoms with van der Waals surface area (Å²) >= 11 is 0. The summed E-state index contributed by atoms with van der Waals surface area (Å²) in [7, 11) is 0. The highest BCUT2D eigenvalue weighted by Gasteiger charge is 2.08. The quantitative estimate of drug-likeness (QED) is 0.612. The minimum absolute atomic E-state index is 0. The van der Waals surface area contributed by atoms with Gasteiger partial charge in [-0.05, 0) is 19.1 Å². The number of aryl methyl sites for hydroxylation is 1. The second kappa shape index (κ2) is 5.56. The number of benzene rings is 1. The Morgan fingerprint density at radius 2 is 2.31 bits per heavy atom. The first kappa shape index (κ1) is 11.8. The topological polar surface area (TPSA) is 55.4 Å². The van der Waals surface area contributed by atoms with Crippen molar-refractivity contribution in [3.8, 4) is 12.5 Å². The zero-order chi connectivity index (χ0) is 12.0. The van der Waals surface area contributed by atoms with Crippen LogP contribution in [0.25, 0.3) is 0 Å². The number of rotatable bonds is 3. The van der Waals surface area contributed by atoms with Crippen LogP contribution in [0.1, 0.15) is 17.3 Å². The Hall–Kier alpha value is -2.28. The van der Waals surface area contributed by atoms with Crippen molar-refractivity contribution < 1.29 is 15.8 Å². The Labute approximate surface area is 95.1 Å². The molecule has 0 fully saturated rings. The number of amides is 1. The Kier molecular flexibility index (Phi) is 4.10. The van der Waals surface area contributed by atoms with E-state index in [-0.39, 0.29) is 13.9 Å². The third-order valence-electron chi connectivity index (χ3n) is 1.85. The van der Waals surface area contributed by atoms with Gasteiger partial charge in [0, 0.05) is 6.99 Å². The van der Waals surface area contributed by atoms with E-state index in [4.69, 9.17) is 6.42 Å². The number of carbonyl (C=O) groups is 2. The maximum atomic E-state index is 11.5. The Bertz CT molecular complexity index is 451. The zero-order valence-corrected chi connectivity index (χ0v) is 8.82. The third-order valence-corrected chi connectivity index (χ3v) is 1.85. The molecule has 0 atom stereocenters. The fourth-order valence-corrected chi connectivity index (χ4v) is 1.14. The molecule has 0 bridgehead atoms. The van der Waals surface area contributed by atoms with Crippen molar-refractivity contribution in [2.45, 2.75) is 6.92 Å². The summed E-state index contributed by atoms with van der Waals surface area (Å²) in [6.45, 7) is 1.64. The van der Waals surface area contributed by atoms with Crippen LogP contribution in [0.4, 0.5) is 0 Å². The van der Waals surface area contributed by atoms with Gasteiger partial charge in [-0.15, -0.1) is 0 Å². The van der Waals surface area contributed by atoms with Crippen molar-refractivity contribution in [2.24, 2.45) is 0 Å². The van der Waals surface area contributed by atoms with E-state index in [0.29, 0.717) is 5.56 Å². The molecule has 1 aromatic rings. The van der Waals surface area contributed by atoms with Gasteiger partial charge in [0.05, 0.1) is 0 Å². The Balaban J connectivity index is 0.00000256. The van der Waals surface area contributed by atoms with E-state index in [1.165, 1.54) is 0 Å². The Morgan fingerprint density at radius 3 is 2.94 bits per heavy atom. The molecule has 0 radical (unpaired) electrons. The molecule has 16 heavy (non-hydrogen) atoms. The van der Waals surface area contributed by atoms with Crippen molar-refractivity contribution in [2.75, 3.05) is 6.54 Å². The van der Waals surface area contributed by atoms with Gasteiger partial charge in [-0.25, -0.2) is 4.79 Å². The smallest absolute Gasteiger partial charge is 0.339 e. The summed E-state index contributed by atoms with van der Waals surface area (Å²) in [5.41, 5.74) is 1.47. The normalized spacial score (nSPS) is 9.00. The molecular weight excluding hydrogens is 206 g/mol. The number of carbonyl (C=O) groups excluding carboxylic acids is 2. The minimum Gasteiger partial charge on any atom is -0.371 e. The van der Waals surface area contributed by atoms with Gasteiger partial charge in [-0.1, -0.05) is 24.1 Å². The van der Waals surface area contributed by atoms with Gasteiger partial charge in [0.25, 0.3) is 5.91 Å². The number of terminal acetylenes is 1. The van der Waals surface area contributed by atoms with Gasteiger partial charge < -0.3 is 10.1 Å². The highest BCUT2D eigenvalue weighted by Crippen LogP contribution is 2.03. The molecule has 0 spiro atoms. The zero-order valence-electron chi connectivity index (χ0n) is 8.82. The highest BCUT2D eigenvalue weighted by atomic mass is 16.5. The summed E-state index contributed by atoms with van der Waals surface area (Å²) in [5, 5.41) is 2.40. The molecule has 0 aliphatic heterocycles. The van der Waals surface area contributed by atoms with Crippen molar-refractivity contribution >= 4 is 11.9 Å². The minimum atomic E-state index is -0.663. The molecule has 84 valence electrons. The lowest BCUT2D eigenvalue weighted by Gasteiger charge is -2.03. The molecule has 0 aliphatic carbocycles. The number of esters is 1. The molecule has 0 heterocycles. The van der Waals surface area contributed by atoms with Gasteiger partial charge in [-0.2, -0.15) is 0 Å². The van der Waals surface area contributed by atoms with Crippen LogP contribution in [-0.2, 0) is 9.53 Å². The van der Waals surface area contributed by atoms with E-state index in [2.05, 4.69) is 10.1 Å². The molecule has 0 saturated carbocycles. The first-order valence-corrected chi connectivity index (χ1v) is 4.63. The molecule has 0 saturated heterocycles. The predicted molar refractivity (Wildman–Crippen MR) is 60.6 cm³/mol. The number of nitrogens with one attached hydrogen (secondary N) is 1. The number of hydrogen-bond acceptors (Lipinski definition) is 3. The van der Waals surface area contributed by atoms with Gasteiger partial charge in [-0.3, -0.25) is 4.79 Å². The molecule has 1 N–H and O–H groups in total. The maximum absolute atomic E-state index is 11.5. The summed E-state index contributed by atoms with van der Waals surface area (Å²) < 4.78 is 4.23. The second-order valence-electron chi connectivity index (χ2n) is 3.14. The molecule has 0 aromatic heterocycles. The van der Waals surface area contributed by atoms with Crippen LogP contribution in [0.3, 0.4) is 0 Å². The second-order valence-corrected chi connectivity index (χ2v) is 3.14. The van der Waals surface area contributed by atoms with Gasteiger partial charge >= 0.3 is 5.97 Å². The van der Waals surface area contributed by atoms with E-state index in [1.807, 2.05) is 13.0 Å². The lowest BCUT2D eigenvalue weighted by Crippen LogP contribution is -2.30. The van der Waals surface area contributed by atoms with Crippen LogP contribution in [0.5, 0.6) is 0 Å². The molecule has 4 nitrogen and oxygen atoms in total. The van der Waals surface area contributed by atoms with Crippen LogP contribution < -0.4 is 5.32 Å². The van der Waals surface area contributed by atoms with Crippen molar-refractivity contribution in [3.63, 3.8) is 0 Å². The third kappa shape index (κ3) is 3.46.